The fourth-order valence-corrected chi connectivity index (χ4v) is 1.48. The average Bonchev–Trinajstić information content (AvgIpc) is 2.68. The molecule has 0 saturated carbocycles. The lowest BCUT2D eigenvalue weighted by atomic mass is 10.2. The van der Waals surface area contributed by atoms with Crippen LogP contribution in [-0.2, 0) is 38.2 Å². The van der Waals surface area contributed by atoms with Crippen LogP contribution in [0, 0.1) is 11.8 Å². The zero-order chi connectivity index (χ0) is 23.1. The smallest absolute Gasteiger partial charge is 0.332 e. The zero-order valence-electron chi connectivity index (χ0n) is 17.4. The molecule has 0 heterocycles. The summed E-state index contributed by atoms with van der Waals surface area (Å²) in [5.41, 5.74) is 0. The maximum absolute atomic E-state index is 11.4. The molecule has 0 radical (unpaired) electrons. The van der Waals surface area contributed by atoms with E-state index in [1.165, 1.54) is 0 Å². The molecular weight excluding hydrogens is 400 g/mol. The number of nitrogens with one attached hydrogen (secondary N) is 4. The van der Waals surface area contributed by atoms with E-state index in [1.807, 2.05) is 0 Å². The third-order valence-corrected chi connectivity index (χ3v) is 3.22. The number of hydrogen-bond acceptors (Lipinski definition) is 8. The van der Waals surface area contributed by atoms with Crippen molar-refractivity contribution in [2.24, 2.45) is 11.8 Å². The Labute approximate surface area is 174 Å². The molecule has 0 fully saturated rings. The van der Waals surface area contributed by atoms with Gasteiger partial charge in [-0.25, -0.2) is 9.59 Å². The first kappa shape index (κ1) is 26.6. The average molecular weight is 428 g/mol. The van der Waals surface area contributed by atoms with Gasteiger partial charge in [0.25, 0.3) is 0 Å². The van der Waals surface area contributed by atoms with Gasteiger partial charge >= 0.3 is 11.9 Å². The number of esters is 2. The molecule has 0 bridgehead atoms. The van der Waals surface area contributed by atoms with Crippen LogP contribution < -0.4 is 21.3 Å². The zero-order valence-corrected chi connectivity index (χ0v) is 17.4. The van der Waals surface area contributed by atoms with E-state index in [4.69, 9.17) is 0 Å². The summed E-state index contributed by atoms with van der Waals surface area (Å²) in [6.45, 7) is 5.27. The van der Waals surface area contributed by atoms with Gasteiger partial charge in [-0.05, 0) is 0 Å². The second kappa shape index (κ2) is 14.5. The second-order valence-electron chi connectivity index (χ2n) is 6.49. The van der Waals surface area contributed by atoms with Crippen molar-refractivity contribution >= 4 is 35.6 Å². The van der Waals surface area contributed by atoms with Crippen molar-refractivity contribution in [3.05, 3.63) is 12.2 Å². The van der Waals surface area contributed by atoms with E-state index in [0.29, 0.717) is 0 Å². The molecule has 0 aromatic heterocycles. The summed E-state index contributed by atoms with van der Waals surface area (Å²) in [5, 5.41) is 9.27. The van der Waals surface area contributed by atoms with Gasteiger partial charge < -0.3 is 30.7 Å². The summed E-state index contributed by atoms with van der Waals surface area (Å²) in [4.78, 5) is 68.3. The molecule has 0 unspecified atom stereocenters. The quantitative estimate of drug-likeness (QED) is 0.162. The molecule has 168 valence electrons. The summed E-state index contributed by atoms with van der Waals surface area (Å²) < 4.78 is 9.29. The SMILES string of the molecule is CC(C)C(=O)NCC(=O)NCOC(=O)/C=C/C(=O)OCNC(=O)CNC(=O)C(C)C. The van der Waals surface area contributed by atoms with Crippen molar-refractivity contribution in [2.75, 3.05) is 26.6 Å². The van der Waals surface area contributed by atoms with Gasteiger partial charge in [0.15, 0.2) is 13.5 Å². The fraction of sp³-hybridized carbons (Fsp3) is 0.556. The second-order valence-corrected chi connectivity index (χ2v) is 6.49. The lowest BCUT2D eigenvalue weighted by Crippen LogP contribution is -2.39. The van der Waals surface area contributed by atoms with Crippen molar-refractivity contribution in [1.82, 2.24) is 21.3 Å². The van der Waals surface area contributed by atoms with Gasteiger partial charge in [0.1, 0.15) is 0 Å². The Morgan fingerprint density at radius 3 is 1.27 bits per heavy atom. The third kappa shape index (κ3) is 13.7. The van der Waals surface area contributed by atoms with Crippen LogP contribution in [0.2, 0.25) is 0 Å². The summed E-state index contributed by atoms with van der Waals surface area (Å²) in [6, 6.07) is 0. The largest absolute Gasteiger partial charge is 0.441 e. The number of hydrogen-bond donors (Lipinski definition) is 4. The molecule has 12 nitrogen and oxygen atoms in total. The minimum Gasteiger partial charge on any atom is -0.441 e. The Morgan fingerprint density at radius 2 is 0.967 bits per heavy atom. The molecule has 0 saturated heterocycles. The number of ether oxygens (including phenoxy) is 2. The molecule has 4 N–H and O–H groups in total. The highest BCUT2D eigenvalue weighted by Gasteiger charge is 2.10. The van der Waals surface area contributed by atoms with E-state index in [-0.39, 0.29) is 36.7 Å². The summed E-state index contributed by atoms with van der Waals surface area (Å²) >= 11 is 0. The van der Waals surface area contributed by atoms with Gasteiger partial charge in [-0.1, -0.05) is 27.7 Å². The molecule has 4 amide bonds. The van der Waals surface area contributed by atoms with Gasteiger partial charge in [0.05, 0.1) is 13.1 Å². The molecule has 0 aromatic rings. The van der Waals surface area contributed by atoms with Crippen LogP contribution in [0.15, 0.2) is 12.2 Å². The van der Waals surface area contributed by atoms with Crippen LogP contribution >= 0.6 is 0 Å². The molecule has 0 atom stereocenters. The highest BCUT2D eigenvalue weighted by Crippen LogP contribution is 1.90. The monoisotopic (exact) mass is 428 g/mol. The number of carbonyl (C=O) groups is 6. The first-order valence-electron chi connectivity index (χ1n) is 9.13. The lowest BCUT2D eigenvalue weighted by molar-refractivity contribution is -0.143. The van der Waals surface area contributed by atoms with E-state index in [9.17, 15) is 28.8 Å². The van der Waals surface area contributed by atoms with Crippen LogP contribution in [0.25, 0.3) is 0 Å². The van der Waals surface area contributed by atoms with E-state index in [1.54, 1.807) is 27.7 Å². The van der Waals surface area contributed by atoms with Gasteiger partial charge in [-0.3, -0.25) is 19.2 Å². The Balaban J connectivity index is 3.94. The Hall–Kier alpha value is -3.44. The standard InChI is InChI=1S/C18H28N4O8/c1-11(2)17(27)19-7-13(23)21-9-29-15(25)5-6-16(26)30-10-22-14(24)8-20-18(28)12(3)4/h5-6,11-12H,7-10H2,1-4H3,(H,19,27)(H,20,28)(H,21,23)(H,22,24)/b6-5+. The molecule has 12 heteroatoms. The molecule has 0 spiro atoms. The summed E-state index contributed by atoms with van der Waals surface area (Å²) in [5.74, 6) is -4.06. The minimum atomic E-state index is -0.918. The van der Waals surface area contributed by atoms with Gasteiger partial charge in [-0.15, -0.1) is 0 Å². The Morgan fingerprint density at radius 1 is 0.633 bits per heavy atom. The van der Waals surface area contributed by atoms with Crippen molar-refractivity contribution in [2.45, 2.75) is 27.7 Å². The predicted molar refractivity (Wildman–Crippen MR) is 103 cm³/mol. The Kier molecular flexibility index (Phi) is 12.9. The van der Waals surface area contributed by atoms with Gasteiger partial charge in [-0.2, -0.15) is 0 Å². The predicted octanol–water partition coefficient (Wildman–Crippen LogP) is -1.68. The molecule has 0 aromatic carbocycles. The van der Waals surface area contributed by atoms with Crippen molar-refractivity contribution in [1.29, 1.82) is 0 Å². The Bertz CT molecular complexity index is 617. The van der Waals surface area contributed by atoms with E-state index in [2.05, 4.69) is 30.7 Å². The van der Waals surface area contributed by atoms with Crippen molar-refractivity contribution in [3.63, 3.8) is 0 Å². The van der Waals surface area contributed by atoms with E-state index in [0.717, 1.165) is 12.2 Å². The normalized spacial score (nSPS) is 10.5. The van der Waals surface area contributed by atoms with Gasteiger partial charge in [0, 0.05) is 24.0 Å². The fourth-order valence-electron chi connectivity index (χ4n) is 1.48. The maximum Gasteiger partial charge on any atom is 0.332 e. The molecule has 0 aliphatic heterocycles. The van der Waals surface area contributed by atoms with E-state index >= 15 is 0 Å². The molecule has 30 heavy (non-hydrogen) atoms. The van der Waals surface area contributed by atoms with Crippen molar-refractivity contribution < 1.29 is 38.2 Å². The van der Waals surface area contributed by atoms with Crippen LogP contribution in [0.5, 0.6) is 0 Å². The molecule has 0 aliphatic rings. The van der Waals surface area contributed by atoms with Crippen LogP contribution in [0.1, 0.15) is 27.7 Å². The summed E-state index contributed by atoms with van der Waals surface area (Å²) in [6.07, 6.45) is 1.55. The van der Waals surface area contributed by atoms with Crippen LogP contribution in [0.3, 0.4) is 0 Å². The highest BCUT2D eigenvalue weighted by molar-refractivity contribution is 5.92. The number of carbonyl (C=O) groups excluding carboxylic acids is 6. The highest BCUT2D eigenvalue weighted by atomic mass is 16.5. The first-order valence-corrected chi connectivity index (χ1v) is 9.13. The molecule has 0 rings (SSSR count). The minimum absolute atomic E-state index is 0.260. The van der Waals surface area contributed by atoms with Gasteiger partial charge in [0.2, 0.25) is 23.6 Å². The topological polar surface area (TPSA) is 169 Å². The lowest BCUT2D eigenvalue weighted by Gasteiger charge is -2.08. The number of amides is 4. The van der Waals surface area contributed by atoms with E-state index < -0.39 is 37.2 Å². The molecule has 0 aliphatic carbocycles. The van der Waals surface area contributed by atoms with Crippen LogP contribution in [0.4, 0.5) is 0 Å². The first-order chi connectivity index (χ1) is 14.0. The summed E-state index contributed by atoms with van der Waals surface area (Å²) in [7, 11) is 0. The van der Waals surface area contributed by atoms with Crippen molar-refractivity contribution in [3.8, 4) is 0 Å². The maximum atomic E-state index is 11.4. The van der Waals surface area contributed by atoms with Crippen LogP contribution in [-0.4, -0.2) is 62.1 Å². The number of rotatable bonds is 12. The molecular formula is C18H28N4O8. The third-order valence-electron chi connectivity index (χ3n) is 3.22.